The van der Waals surface area contributed by atoms with Gasteiger partial charge in [-0.15, -0.1) is 0 Å². The van der Waals surface area contributed by atoms with Gasteiger partial charge in [-0.3, -0.25) is 0 Å². The molecule has 0 radical (unpaired) electrons. The van der Waals surface area contributed by atoms with Crippen LogP contribution in [0.15, 0.2) is 18.3 Å². The highest BCUT2D eigenvalue weighted by molar-refractivity contribution is 5.86. The van der Waals surface area contributed by atoms with E-state index in [4.69, 9.17) is 0 Å². The normalized spacial score (nSPS) is 14.2. The van der Waals surface area contributed by atoms with Gasteiger partial charge in [-0.1, -0.05) is 6.92 Å². The summed E-state index contributed by atoms with van der Waals surface area (Å²) in [5.41, 5.74) is 5.83. The number of rotatable bonds is 5. The Balaban J connectivity index is 2.02. The number of nitrogens with one attached hydrogen (secondary N) is 2. The topological polar surface area (TPSA) is 29.0 Å². The molecule has 1 aromatic carbocycles. The first-order valence-electron chi connectivity index (χ1n) is 7.38. The number of benzene rings is 1. The highest BCUT2D eigenvalue weighted by Crippen LogP contribution is 2.28. The Morgan fingerprint density at radius 3 is 2.74 bits per heavy atom. The van der Waals surface area contributed by atoms with Gasteiger partial charge in [-0.25, -0.2) is 0 Å². The molecule has 1 aromatic heterocycles. The Bertz CT molecular complexity index is 583. The van der Waals surface area contributed by atoms with E-state index in [1.807, 2.05) is 0 Å². The number of fused-ring (bicyclic) bond motifs is 2. The van der Waals surface area contributed by atoms with Crippen LogP contribution in [0.3, 0.4) is 0 Å². The summed E-state index contributed by atoms with van der Waals surface area (Å²) in [5, 5.41) is 8.31. The summed E-state index contributed by atoms with van der Waals surface area (Å²) in [6.07, 6.45) is 3.45. The van der Waals surface area contributed by atoms with E-state index in [-0.39, 0.29) is 0 Å². The third-order valence-corrected chi connectivity index (χ3v) is 4.08. The van der Waals surface area contributed by atoms with Crippen molar-refractivity contribution in [1.29, 1.82) is 0 Å². The van der Waals surface area contributed by atoms with Crippen LogP contribution in [0.2, 0.25) is 0 Å². The van der Waals surface area contributed by atoms with E-state index in [9.17, 15) is 0 Å². The molecular formula is C16H23N3. The van der Waals surface area contributed by atoms with Gasteiger partial charge in [-0.05, 0) is 55.3 Å². The van der Waals surface area contributed by atoms with Crippen LogP contribution in [0.4, 0.5) is 0 Å². The van der Waals surface area contributed by atoms with E-state index < -0.39 is 0 Å². The Hall–Kier alpha value is -1.32. The molecule has 0 saturated carbocycles. The minimum Gasteiger partial charge on any atom is -0.347 e. The Morgan fingerprint density at radius 1 is 1.21 bits per heavy atom. The lowest BCUT2D eigenvalue weighted by Crippen LogP contribution is -2.15. The van der Waals surface area contributed by atoms with E-state index in [2.05, 4.69) is 47.4 Å². The average Bonchev–Trinajstić information content (AvgIpc) is 3.01. The Labute approximate surface area is 115 Å². The summed E-state index contributed by atoms with van der Waals surface area (Å²) in [7, 11) is 0. The molecule has 1 aliphatic heterocycles. The van der Waals surface area contributed by atoms with Gasteiger partial charge in [0.2, 0.25) is 0 Å². The molecule has 2 heterocycles. The number of aryl methyl sites for hydroxylation is 1. The standard InChI is InChI=1S/C16H23N3/c1-3-17-6-5-12-11-19(4-2)16-8-14-10-18-9-13(14)7-15(12)16/h7-8,11,17-18H,3-6,9-10H2,1-2H3. The number of likely N-dealkylation sites (N-methyl/N-ethyl adjacent to an activating group) is 1. The van der Waals surface area contributed by atoms with Gasteiger partial charge < -0.3 is 15.2 Å². The lowest BCUT2D eigenvalue weighted by molar-refractivity contribution is 0.714. The first kappa shape index (κ1) is 12.7. The number of hydrogen-bond acceptors (Lipinski definition) is 2. The van der Waals surface area contributed by atoms with Crippen LogP contribution in [0.5, 0.6) is 0 Å². The molecule has 0 atom stereocenters. The molecule has 0 unspecified atom stereocenters. The van der Waals surface area contributed by atoms with Crippen molar-refractivity contribution < 1.29 is 0 Å². The van der Waals surface area contributed by atoms with Crippen molar-refractivity contribution in [2.45, 2.75) is 39.9 Å². The predicted molar refractivity (Wildman–Crippen MR) is 80.4 cm³/mol. The first-order valence-corrected chi connectivity index (χ1v) is 7.38. The Kier molecular flexibility index (Phi) is 3.58. The zero-order valence-corrected chi connectivity index (χ0v) is 11.9. The zero-order valence-electron chi connectivity index (χ0n) is 11.9. The molecule has 3 nitrogen and oxygen atoms in total. The molecule has 1 aliphatic rings. The molecule has 0 spiro atoms. The monoisotopic (exact) mass is 257 g/mol. The highest BCUT2D eigenvalue weighted by atomic mass is 15.0. The maximum Gasteiger partial charge on any atom is 0.0486 e. The fourth-order valence-corrected chi connectivity index (χ4v) is 3.02. The SMILES string of the molecule is CCNCCc1cn(CC)c2cc3c(cc12)CNC3. The molecule has 0 fully saturated rings. The fraction of sp³-hybridized carbons (Fsp3) is 0.500. The van der Waals surface area contributed by atoms with Crippen LogP contribution in [-0.4, -0.2) is 17.7 Å². The molecule has 19 heavy (non-hydrogen) atoms. The first-order chi connectivity index (χ1) is 9.33. The van der Waals surface area contributed by atoms with Crippen LogP contribution in [0, 0.1) is 0 Å². The van der Waals surface area contributed by atoms with Crippen molar-refractivity contribution in [2.24, 2.45) is 0 Å². The van der Waals surface area contributed by atoms with Crippen LogP contribution in [0.25, 0.3) is 10.9 Å². The molecule has 2 N–H and O–H groups in total. The van der Waals surface area contributed by atoms with Crippen molar-refractivity contribution in [3.63, 3.8) is 0 Å². The summed E-state index contributed by atoms with van der Waals surface area (Å²) >= 11 is 0. The van der Waals surface area contributed by atoms with Gasteiger partial charge >= 0.3 is 0 Å². The van der Waals surface area contributed by atoms with Crippen molar-refractivity contribution >= 4 is 10.9 Å². The van der Waals surface area contributed by atoms with Gasteiger partial charge in [0.15, 0.2) is 0 Å². The second-order valence-electron chi connectivity index (χ2n) is 5.29. The van der Waals surface area contributed by atoms with Crippen molar-refractivity contribution in [1.82, 2.24) is 15.2 Å². The lowest BCUT2D eigenvalue weighted by Gasteiger charge is -2.04. The number of aromatic nitrogens is 1. The highest BCUT2D eigenvalue weighted by Gasteiger charge is 2.15. The molecule has 0 amide bonds. The largest absolute Gasteiger partial charge is 0.347 e. The van der Waals surface area contributed by atoms with Gasteiger partial charge in [0.05, 0.1) is 0 Å². The molecule has 0 saturated heterocycles. The van der Waals surface area contributed by atoms with E-state index >= 15 is 0 Å². The predicted octanol–water partition coefficient (Wildman–Crippen LogP) is 2.42. The maximum atomic E-state index is 3.44. The second kappa shape index (κ2) is 5.35. The minimum absolute atomic E-state index is 1.02. The molecule has 0 aliphatic carbocycles. The Morgan fingerprint density at radius 2 is 2.00 bits per heavy atom. The van der Waals surface area contributed by atoms with Gasteiger partial charge in [0.25, 0.3) is 0 Å². The van der Waals surface area contributed by atoms with Crippen LogP contribution in [-0.2, 0) is 26.1 Å². The van der Waals surface area contributed by atoms with Gasteiger partial charge in [-0.2, -0.15) is 0 Å². The molecular weight excluding hydrogens is 234 g/mol. The van der Waals surface area contributed by atoms with Crippen molar-refractivity contribution in [3.05, 3.63) is 35.0 Å². The summed E-state index contributed by atoms with van der Waals surface area (Å²) < 4.78 is 2.38. The molecule has 0 bridgehead atoms. The van der Waals surface area contributed by atoms with E-state index in [1.165, 1.54) is 27.6 Å². The smallest absolute Gasteiger partial charge is 0.0486 e. The third-order valence-electron chi connectivity index (χ3n) is 4.08. The summed E-state index contributed by atoms with van der Waals surface area (Å²) in [5.74, 6) is 0. The average molecular weight is 257 g/mol. The third kappa shape index (κ3) is 2.28. The number of hydrogen-bond donors (Lipinski definition) is 2. The molecule has 102 valence electrons. The molecule has 3 heteroatoms. The second-order valence-corrected chi connectivity index (χ2v) is 5.29. The molecule has 2 aromatic rings. The van der Waals surface area contributed by atoms with Crippen molar-refractivity contribution in [3.8, 4) is 0 Å². The van der Waals surface area contributed by atoms with E-state index in [0.717, 1.165) is 39.1 Å². The van der Waals surface area contributed by atoms with Crippen molar-refractivity contribution in [2.75, 3.05) is 13.1 Å². The van der Waals surface area contributed by atoms with Gasteiger partial charge in [0.1, 0.15) is 0 Å². The van der Waals surface area contributed by atoms with E-state index in [1.54, 1.807) is 0 Å². The maximum absolute atomic E-state index is 3.44. The van der Waals surface area contributed by atoms with Crippen LogP contribution >= 0.6 is 0 Å². The molecule has 3 rings (SSSR count). The van der Waals surface area contributed by atoms with E-state index in [0.29, 0.717) is 0 Å². The fourth-order valence-electron chi connectivity index (χ4n) is 3.02. The quantitative estimate of drug-likeness (QED) is 0.805. The van der Waals surface area contributed by atoms with Gasteiger partial charge in [0, 0.05) is 36.7 Å². The van der Waals surface area contributed by atoms with Crippen LogP contribution < -0.4 is 10.6 Å². The summed E-state index contributed by atoms with van der Waals surface area (Å²) in [6, 6.07) is 4.78. The zero-order chi connectivity index (χ0) is 13.2. The summed E-state index contributed by atoms with van der Waals surface area (Å²) in [6.45, 7) is 9.58. The number of nitrogens with zero attached hydrogens (tertiary/aromatic N) is 1. The van der Waals surface area contributed by atoms with Crippen LogP contribution in [0.1, 0.15) is 30.5 Å². The minimum atomic E-state index is 1.02. The summed E-state index contributed by atoms with van der Waals surface area (Å²) in [4.78, 5) is 0. The lowest BCUT2D eigenvalue weighted by atomic mass is 10.0.